The summed E-state index contributed by atoms with van der Waals surface area (Å²) in [6.07, 6.45) is 10.3. The zero-order valence-corrected chi connectivity index (χ0v) is 15.8. The maximum Gasteiger partial charge on any atom is 0.246 e. The van der Waals surface area contributed by atoms with Gasteiger partial charge in [0.25, 0.3) is 0 Å². The summed E-state index contributed by atoms with van der Waals surface area (Å²) in [4.78, 5) is 31.5. The topological polar surface area (TPSA) is 62.3 Å². The number of amides is 2. The molecule has 0 saturated heterocycles. The van der Waals surface area contributed by atoms with Gasteiger partial charge in [0.05, 0.1) is 0 Å². The summed E-state index contributed by atoms with van der Waals surface area (Å²) in [5.74, 6) is 0.668. The van der Waals surface area contributed by atoms with Crippen molar-refractivity contribution in [3.8, 4) is 0 Å². The molecular weight excluding hydrogens is 358 g/mol. The molecule has 0 fully saturated rings. The molecule has 0 aliphatic carbocycles. The molecule has 2 aromatic rings. The molecule has 0 aromatic carbocycles. The molecule has 5 nitrogen and oxygen atoms in total. The van der Waals surface area contributed by atoms with Crippen molar-refractivity contribution in [1.82, 2.24) is 9.88 Å². The Morgan fingerprint density at radius 1 is 1.26 bits per heavy atom. The number of aromatic nitrogens is 1. The molecule has 0 saturated carbocycles. The molecule has 2 amide bonds. The fourth-order valence-corrected chi connectivity index (χ4v) is 4.21. The lowest BCUT2D eigenvalue weighted by atomic mass is 10.0. The van der Waals surface area contributed by atoms with Crippen LogP contribution >= 0.6 is 11.3 Å². The van der Waals surface area contributed by atoms with Crippen molar-refractivity contribution in [2.24, 2.45) is 0 Å². The third-order valence-electron chi connectivity index (χ3n) is 4.88. The number of carbonyl (C=O) groups is 2. The zero-order valence-electron chi connectivity index (χ0n) is 15.0. The quantitative estimate of drug-likeness (QED) is 0.826. The summed E-state index contributed by atoms with van der Waals surface area (Å²) >= 11 is 1.75. The molecule has 2 aliphatic rings. The van der Waals surface area contributed by atoms with Crippen LogP contribution in [0.4, 0.5) is 5.82 Å². The van der Waals surface area contributed by atoms with Crippen LogP contribution in [0.5, 0.6) is 0 Å². The Labute approximate surface area is 162 Å². The summed E-state index contributed by atoms with van der Waals surface area (Å²) in [5, 5.41) is 4.86. The second-order valence-corrected chi connectivity index (χ2v) is 7.68. The number of fused-ring (bicyclic) bond motifs is 1. The smallest absolute Gasteiger partial charge is 0.246 e. The molecule has 1 N–H and O–H groups in total. The summed E-state index contributed by atoms with van der Waals surface area (Å²) in [6, 6.07) is 6.19. The van der Waals surface area contributed by atoms with Gasteiger partial charge in [0.1, 0.15) is 5.82 Å². The highest BCUT2D eigenvalue weighted by molar-refractivity contribution is 7.11. The number of hydrogen-bond donors (Lipinski definition) is 1. The first kappa shape index (κ1) is 17.7. The van der Waals surface area contributed by atoms with Crippen LogP contribution in [0, 0.1) is 0 Å². The Balaban J connectivity index is 1.38. The Bertz CT molecular complexity index is 916. The van der Waals surface area contributed by atoms with Crippen molar-refractivity contribution in [3.05, 3.63) is 57.9 Å². The molecule has 0 radical (unpaired) electrons. The van der Waals surface area contributed by atoms with Gasteiger partial charge in [0.2, 0.25) is 11.8 Å². The van der Waals surface area contributed by atoms with Crippen LogP contribution in [0.1, 0.15) is 35.3 Å². The van der Waals surface area contributed by atoms with E-state index in [1.807, 2.05) is 17.0 Å². The molecule has 2 aromatic heterocycles. The predicted molar refractivity (Wildman–Crippen MR) is 108 cm³/mol. The zero-order chi connectivity index (χ0) is 18.6. The van der Waals surface area contributed by atoms with Crippen molar-refractivity contribution >= 4 is 40.6 Å². The lowest BCUT2D eigenvalue weighted by Crippen LogP contribution is -2.30. The minimum absolute atomic E-state index is 0.00478. The first-order valence-corrected chi connectivity index (χ1v) is 10.1. The van der Waals surface area contributed by atoms with Crippen molar-refractivity contribution in [3.63, 3.8) is 0 Å². The first-order valence-electron chi connectivity index (χ1n) is 9.18. The van der Waals surface area contributed by atoms with Gasteiger partial charge >= 0.3 is 0 Å². The number of nitrogens with zero attached hydrogens (tertiary/aromatic N) is 2. The largest absolute Gasteiger partial charge is 0.339 e. The fourth-order valence-electron chi connectivity index (χ4n) is 3.41. The van der Waals surface area contributed by atoms with Gasteiger partial charge in [-0.15, -0.1) is 11.3 Å². The van der Waals surface area contributed by atoms with Crippen LogP contribution < -0.4 is 5.32 Å². The minimum Gasteiger partial charge on any atom is -0.339 e. The van der Waals surface area contributed by atoms with Gasteiger partial charge in [0.15, 0.2) is 0 Å². The highest BCUT2D eigenvalue weighted by Gasteiger charge is 2.17. The maximum absolute atomic E-state index is 12.6. The molecule has 6 heteroatoms. The molecule has 0 unspecified atom stereocenters. The van der Waals surface area contributed by atoms with E-state index in [9.17, 15) is 9.59 Å². The minimum atomic E-state index is 0.00478. The van der Waals surface area contributed by atoms with Crippen molar-refractivity contribution in [2.75, 3.05) is 18.4 Å². The molecule has 0 bridgehead atoms. The molecule has 4 rings (SSSR count). The van der Waals surface area contributed by atoms with Crippen LogP contribution in [0.2, 0.25) is 0 Å². The average Bonchev–Trinajstić information content (AvgIpc) is 3.10. The lowest BCUT2D eigenvalue weighted by Gasteiger charge is -2.18. The van der Waals surface area contributed by atoms with Crippen molar-refractivity contribution in [2.45, 2.75) is 25.7 Å². The van der Waals surface area contributed by atoms with E-state index in [0.717, 1.165) is 37.1 Å². The maximum atomic E-state index is 12.6. The van der Waals surface area contributed by atoms with Gasteiger partial charge in [-0.3, -0.25) is 9.59 Å². The van der Waals surface area contributed by atoms with Crippen LogP contribution in [-0.2, 0) is 16.0 Å². The highest BCUT2D eigenvalue weighted by atomic mass is 32.1. The van der Waals surface area contributed by atoms with E-state index in [1.54, 1.807) is 23.6 Å². The second kappa shape index (κ2) is 7.88. The SMILES string of the molecule is O=C1CCc2cc(C=CC(=O)N3CCC=C(c4cccs4)CC3)cnc2N1. The van der Waals surface area contributed by atoms with Crippen LogP contribution in [0.25, 0.3) is 11.6 Å². The van der Waals surface area contributed by atoms with Gasteiger partial charge in [-0.25, -0.2) is 4.98 Å². The molecule has 27 heavy (non-hydrogen) atoms. The number of thiophene rings is 1. The van der Waals surface area contributed by atoms with E-state index >= 15 is 0 Å². The van der Waals surface area contributed by atoms with E-state index in [-0.39, 0.29) is 11.8 Å². The third kappa shape index (κ3) is 4.17. The van der Waals surface area contributed by atoms with Crippen LogP contribution in [0.3, 0.4) is 0 Å². The summed E-state index contributed by atoms with van der Waals surface area (Å²) in [6.45, 7) is 1.48. The predicted octanol–water partition coefficient (Wildman–Crippen LogP) is 3.75. The number of rotatable bonds is 3. The summed E-state index contributed by atoms with van der Waals surface area (Å²) in [7, 11) is 0. The van der Waals surface area contributed by atoms with Crippen LogP contribution in [0.15, 0.2) is 41.9 Å². The van der Waals surface area contributed by atoms with E-state index in [2.05, 4.69) is 33.9 Å². The lowest BCUT2D eigenvalue weighted by molar-refractivity contribution is -0.125. The fraction of sp³-hybridized carbons (Fsp3) is 0.286. The Kier molecular flexibility index (Phi) is 5.16. The van der Waals surface area contributed by atoms with E-state index in [4.69, 9.17) is 0 Å². The number of anilines is 1. The third-order valence-corrected chi connectivity index (χ3v) is 5.82. The van der Waals surface area contributed by atoms with Gasteiger partial charge in [-0.2, -0.15) is 0 Å². The van der Waals surface area contributed by atoms with E-state index < -0.39 is 0 Å². The average molecular weight is 379 g/mol. The number of nitrogens with one attached hydrogen (secondary N) is 1. The number of aryl methyl sites for hydroxylation is 1. The number of hydrogen-bond acceptors (Lipinski definition) is 4. The van der Waals surface area contributed by atoms with E-state index in [0.29, 0.717) is 18.7 Å². The Morgan fingerprint density at radius 2 is 2.19 bits per heavy atom. The van der Waals surface area contributed by atoms with Crippen LogP contribution in [-0.4, -0.2) is 34.8 Å². The molecule has 0 spiro atoms. The van der Waals surface area contributed by atoms with E-state index in [1.165, 1.54) is 10.5 Å². The van der Waals surface area contributed by atoms with Gasteiger partial charge in [-0.05, 0) is 59.6 Å². The number of carbonyl (C=O) groups excluding carboxylic acids is 2. The molecule has 2 aliphatic heterocycles. The Morgan fingerprint density at radius 3 is 3.04 bits per heavy atom. The molecule has 138 valence electrons. The highest BCUT2D eigenvalue weighted by Crippen LogP contribution is 2.26. The van der Waals surface area contributed by atoms with Gasteiger partial charge in [-0.1, -0.05) is 12.1 Å². The molecule has 0 atom stereocenters. The van der Waals surface area contributed by atoms with Gasteiger partial charge in [0, 0.05) is 36.7 Å². The van der Waals surface area contributed by atoms with Crippen molar-refractivity contribution < 1.29 is 9.59 Å². The monoisotopic (exact) mass is 379 g/mol. The van der Waals surface area contributed by atoms with Gasteiger partial charge < -0.3 is 10.2 Å². The molecule has 4 heterocycles. The van der Waals surface area contributed by atoms with Crippen molar-refractivity contribution in [1.29, 1.82) is 0 Å². The normalized spacial score (nSPS) is 17.3. The summed E-state index contributed by atoms with van der Waals surface area (Å²) < 4.78 is 0. The summed E-state index contributed by atoms with van der Waals surface area (Å²) in [5.41, 5.74) is 3.24. The standard InChI is InChI=1S/C21H21N3O2S/c25-19-7-6-17-13-15(14-22-21(17)23-19)5-8-20(26)24-10-1-3-16(9-11-24)18-4-2-12-27-18/h2-5,8,12-14H,1,6-7,9-11H2,(H,22,23,25). The number of pyridine rings is 1. The second-order valence-electron chi connectivity index (χ2n) is 6.73. The Hall–Kier alpha value is -2.73. The first-order chi connectivity index (χ1) is 13.2. The molecular formula is C21H21N3O2S.